The fraction of sp³-hybridized carbons (Fsp3) is 0.130. The number of halogens is 1. The highest BCUT2D eigenvalue weighted by Crippen LogP contribution is 2.47. The van der Waals surface area contributed by atoms with Crippen molar-refractivity contribution in [3.8, 4) is 0 Å². The monoisotopic (exact) mass is 493 g/mol. The van der Waals surface area contributed by atoms with E-state index in [2.05, 4.69) is 15.9 Å². The largest absolute Gasteiger partial charge is 0.273 e. The van der Waals surface area contributed by atoms with E-state index in [1.54, 1.807) is 41.5 Å². The van der Waals surface area contributed by atoms with E-state index in [1.807, 2.05) is 30.3 Å². The zero-order valence-electron chi connectivity index (χ0n) is 16.5. The van der Waals surface area contributed by atoms with Crippen molar-refractivity contribution in [1.82, 2.24) is 0 Å². The predicted molar refractivity (Wildman–Crippen MR) is 120 cm³/mol. The fourth-order valence-corrected chi connectivity index (χ4v) is 4.45. The molecule has 0 radical (unpaired) electrons. The quantitative estimate of drug-likeness (QED) is 0.303. The Kier molecular flexibility index (Phi) is 4.99. The van der Waals surface area contributed by atoms with Crippen molar-refractivity contribution in [2.45, 2.75) is 12.1 Å². The van der Waals surface area contributed by atoms with Crippen LogP contribution in [-0.4, -0.2) is 22.8 Å². The molecule has 3 aromatic rings. The molecule has 2 aliphatic rings. The Labute approximate surface area is 191 Å². The number of anilines is 2. The van der Waals surface area contributed by atoms with Crippen LogP contribution in [0.25, 0.3) is 0 Å². The molecular formula is C23H16BrN3O5. The summed E-state index contributed by atoms with van der Waals surface area (Å²) >= 11 is 3.36. The molecule has 8 nitrogen and oxygen atoms in total. The van der Waals surface area contributed by atoms with E-state index >= 15 is 0 Å². The molecule has 2 amide bonds. The number of nitrogens with zero attached hydrogens (tertiary/aromatic N) is 3. The second-order valence-electron chi connectivity index (χ2n) is 7.49. The van der Waals surface area contributed by atoms with Gasteiger partial charge in [-0.3, -0.25) is 24.5 Å². The summed E-state index contributed by atoms with van der Waals surface area (Å²) in [5.74, 6) is -1.61. The molecule has 160 valence electrons. The number of rotatable bonds is 4. The molecule has 0 N–H and O–H groups in total. The Morgan fingerprint density at radius 1 is 0.844 bits per heavy atom. The van der Waals surface area contributed by atoms with Crippen molar-refractivity contribution in [3.05, 3.63) is 99.0 Å². The number of hydrogen-bond donors (Lipinski definition) is 0. The number of imide groups is 1. The van der Waals surface area contributed by atoms with Gasteiger partial charge < -0.3 is 0 Å². The van der Waals surface area contributed by atoms with Gasteiger partial charge in [0.2, 0.25) is 5.91 Å². The topological polar surface area (TPSA) is 93.0 Å². The minimum absolute atomic E-state index is 0.0548. The number of benzene rings is 3. The van der Waals surface area contributed by atoms with Gasteiger partial charge in [-0.05, 0) is 42.0 Å². The molecule has 0 saturated carbocycles. The zero-order valence-corrected chi connectivity index (χ0v) is 18.1. The van der Waals surface area contributed by atoms with Crippen LogP contribution in [0.2, 0.25) is 0 Å². The maximum atomic E-state index is 13.5. The Hall–Kier alpha value is -3.56. The molecular weight excluding hydrogens is 478 g/mol. The van der Waals surface area contributed by atoms with Crippen LogP contribution in [0.1, 0.15) is 11.6 Å². The molecule has 0 unspecified atom stereocenters. The first-order chi connectivity index (χ1) is 15.5. The summed E-state index contributed by atoms with van der Waals surface area (Å²) in [4.78, 5) is 44.5. The van der Waals surface area contributed by atoms with Crippen molar-refractivity contribution in [2.75, 3.05) is 9.96 Å². The third-order valence-electron chi connectivity index (χ3n) is 5.66. The molecule has 0 aliphatic carbocycles. The van der Waals surface area contributed by atoms with Crippen molar-refractivity contribution < 1.29 is 19.3 Å². The molecule has 2 saturated heterocycles. The average molecular weight is 494 g/mol. The molecule has 9 heteroatoms. The molecule has 32 heavy (non-hydrogen) atoms. The summed E-state index contributed by atoms with van der Waals surface area (Å²) < 4.78 is 0.829. The second kappa shape index (κ2) is 7.85. The molecule has 0 spiro atoms. The first kappa shape index (κ1) is 20.3. The molecule has 3 atom stereocenters. The average Bonchev–Trinajstić information content (AvgIpc) is 3.31. The molecule has 0 bridgehead atoms. The van der Waals surface area contributed by atoms with Crippen molar-refractivity contribution in [3.63, 3.8) is 0 Å². The number of carbonyl (C=O) groups is 2. The zero-order chi connectivity index (χ0) is 22.4. The number of hydroxylamine groups is 1. The summed E-state index contributed by atoms with van der Waals surface area (Å²) in [6.45, 7) is 0. The Morgan fingerprint density at radius 3 is 2.12 bits per heavy atom. The van der Waals surface area contributed by atoms with Crippen LogP contribution in [-0.2, 0) is 14.4 Å². The number of amides is 2. The maximum Gasteiger partial charge on any atom is 0.269 e. The van der Waals surface area contributed by atoms with Gasteiger partial charge in [0.25, 0.3) is 11.6 Å². The van der Waals surface area contributed by atoms with Gasteiger partial charge in [-0.2, -0.15) is 0 Å². The normalized spacial score (nSPS) is 22.3. The van der Waals surface area contributed by atoms with E-state index < -0.39 is 28.9 Å². The standard InChI is InChI=1S/C23H16BrN3O5/c24-15-8-12-16(13-9-15)25-22(28)19-20(14-6-10-18(11-7-14)27(30)31)26(32-21(19)23(25)29)17-4-2-1-3-5-17/h1-13,19-21H/t19-,20+,21-/m1/s1. The van der Waals surface area contributed by atoms with Gasteiger partial charge in [-0.25, -0.2) is 9.96 Å². The van der Waals surface area contributed by atoms with Gasteiger partial charge in [-0.1, -0.05) is 46.3 Å². The molecule has 2 aliphatic heterocycles. The fourth-order valence-electron chi connectivity index (χ4n) is 4.19. The van der Waals surface area contributed by atoms with Crippen LogP contribution in [0.5, 0.6) is 0 Å². The van der Waals surface area contributed by atoms with Gasteiger partial charge in [0.15, 0.2) is 6.10 Å². The van der Waals surface area contributed by atoms with Gasteiger partial charge in [0, 0.05) is 16.6 Å². The lowest BCUT2D eigenvalue weighted by molar-refractivity contribution is -0.384. The summed E-state index contributed by atoms with van der Waals surface area (Å²) in [6.07, 6.45) is -0.994. The number of para-hydroxylation sites is 1. The van der Waals surface area contributed by atoms with Gasteiger partial charge in [-0.15, -0.1) is 0 Å². The van der Waals surface area contributed by atoms with Gasteiger partial charge in [0.05, 0.1) is 22.3 Å². The highest BCUT2D eigenvalue weighted by atomic mass is 79.9. The highest BCUT2D eigenvalue weighted by molar-refractivity contribution is 9.10. The van der Waals surface area contributed by atoms with Crippen LogP contribution < -0.4 is 9.96 Å². The van der Waals surface area contributed by atoms with Crippen LogP contribution in [0, 0.1) is 16.0 Å². The Morgan fingerprint density at radius 2 is 1.50 bits per heavy atom. The van der Waals surface area contributed by atoms with Crippen LogP contribution in [0.15, 0.2) is 83.3 Å². The molecule has 3 aromatic carbocycles. The Bertz CT molecular complexity index is 1200. The third kappa shape index (κ3) is 3.26. The first-order valence-corrected chi connectivity index (χ1v) is 10.6. The van der Waals surface area contributed by atoms with Crippen LogP contribution in [0.4, 0.5) is 17.1 Å². The summed E-state index contributed by atoms with van der Waals surface area (Å²) in [7, 11) is 0. The highest BCUT2D eigenvalue weighted by Gasteiger charge is 2.60. The summed E-state index contributed by atoms with van der Waals surface area (Å²) in [6, 6.07) is 21.4. The van der Waals surface area contributed by atoms with Crippen LogP contribution >= 0.6 is 15.9 Å². The maximum absolute atomic E-state index is 13.5. The van der Waals surface area contributed by atoms with Gasteiger partial charge >= 0.3 is 0 Å². The SMILES string of the molecule is O=C1[C@H]2[C@@H](ON(c3ccccc3)[C@H]2c2ccc([N+](=O)[O-])cc2)C(=O)N1c1ccc(Br)cc1. The van der Waals surface area contributed by atoms with E-state index in [1.165, 1.54) is 12.1 Å². The number of non-ortho nitro benzene ring substituents is 1. The first-order valence-electron chi connectivity index (χ1n) is 9.84. The van der Waals surface area contributed by atoms with E-state index in [4.69, 9.17) is 4.84 Å². The second-order valence-corrected chi connectivity index (χ2v) is 8.41. The summed E-state index contributed by atoms with van der Waals surface area (Å²) in [5.41, 5.74) is 1.74. The van der Waals surface area contributed by atoms with Crippen molar-refractivity contribution in [2.24, 2.45) is 5.92 Å². The molecule has 5 rings (SSSR count). The van der Waals surface area contributed by atoms with Crippen molar-refractivity contribution in [1.29, 1.82) is 0 Å². The molecule has 0 aromatic heterocycles. The van der Waals surface area contributed by atoms with E-state index in [9.17, 15) is 19.7 Å². The minimum atomic E-state index is -0.994. The number of fused-ring (bicyclic) bond motifs is 1. The number of nitro benzene ring substituents is 1. The minimum Gasteiger partial charge on any atom is -0.273 e. The van der Waals surface area contributed by atoms with E-state index in [0.29, 0.717) is 16.9 Å². The number of hydrogen-bond acceptors (Lipinski definition) is 6. The van der Waals surface area contributed by atoms with Gasteiger partial charge in [0.1, 0.15) is 5.92 Å². The lowest BCUT2D eigenvalue weighted by Crippen LogP contribution is -2.37. The molecule has 2 fully saturated rings. The smallest absolute Gasteiger partial charge is 0.269 e. The lowest BCUT2D eigenvalue weighted by atomic mass is 9.90. The molecule has 2 heterocycles. The lowest BCUT2D eigenvalue weighted by Gasteiger charge is -2.28. The number of nitro groups is 1. The van der Waals surface area contributed by atoms with Crippen LogP contribution in [0.3, 0.4) is 0 Å². The number of carbonyl (C=O) groups excluding carboxylic acids is 2. The third-order valence-corrected chi connectivity index (χ3v) is 6.19. The predicted octanol–water partition coefficient (Wildman–Crippen LogP) is 4.41. The Balaban J connectivity index is 1.57. The van der Waals surface area contributed by atoms with E-state index in [-0.39, 0.29) is 11.6 Å². The van der Waals surface area contributed by atoms with Crippen molar-refractivity contribution >= 4 is 44.8 Å². The van der Waals surface area contributed by atoms with E-state index in [0.717, 1.165) is 9.37 Å². The summed E-state index contributed by atoms with van der Waals surface area (Å²) in [5, 5.41) is 12.6.